The van der Waals surface area contributed by atoms with Crippen molar-refractivity contribution in [2.45, 2.75) is 51.2 Å². The van der Waals surface area contributed by atoms with E-state index in [1.165, 1.54) is 11.0 Å². The maximum atomic E-state index is 12.1. The van der Waals surface area contributed by atoms with Gasteiger partial charge in [0.05, 0.1) is 11.6 Å². The third-order valence-electron chi connectivity index (χ3n) is 5.95. The van der Waals surface area contributed by atoms with Crippen LogP contribution in [0.1, 0.15) is 56.7 Å². The van der Waals surface area contributed by atoms with Gasteiger partial charge in [0.2, 0.25) is 5.56 Å². The Balaban J connectivity index is 1.76. The molecule has 0 fully saturated rings. The Labute approximate surface area is 194 Å². The summed E-state index contributed by atoms with van der Waals surface area (Å²) < 4.78 is 0. The Hall–Kier alpha value is -3.38. The van der Waals surface area contributed by atoms with Gasteiger partial charge in [0, 0.05) is 18.8 Å². The third kappa shape index (κ3) is 6.80. The van der Waals surface area contributed by atoms with E-state index in [0.717, 1.165) is 22.3 Å². The number of pyridine rings is 1. The highest BCUT2D eigenvalue weighted by Gasteiger charge is 2.26. The minimum atomic E-state index is -0.976. The molecular formula is C27H32N2O4. The number of hydrogen-bond acceptors (Lipinski definition) is 3. The van der Waals surface area contributed by atoms with Crippen molar-refractivity contribution in [2.75, 3.05) is 6.54 Å². The second-order valence-corrected chi connectivity index (χ2v) is 9.13. The maximum Gasteiger partial charge on any atom is 0.407 e. The van der Waals surface area contributed by atoms with Gasteiger partial charge in [-0.25, -0.2) is 4.79 Å². The number of nitrogens with zero attached hydrogens (tertiary/aromatic N) is 1. The lowest BCUT2D eigenvalue weighted by Crippen LogP contribution is -2.34. The number of carbonyl (C=O) groups is 1. The van der Waals surface area contributed by atoms with Crippen LogP contribution in [-0.2, 0) is 0 Å². The first kappa shape index (κ1) is 24.3. The van der Waals surface area contributed by atoms with Crippen molar-refractivity contribution in [3.05, 3.63) is 94.4 Å². The topological polar surface area (TPSA) is 93.6 Å². The van der Waals surface area contributed by atoms with Gasteiger partial charge in [0.25, 0.3) is 0 Å². The fourth-order valence-electron chi connectivity index (χ4n) is 4.22. The number of aromatic nitrogens is 1. The monoisotopic (exact) mass is 448 g/mol. The van der Waals surface area contributed by atoms with E-state index in [9.17, 15) is 19.8 Å². The van der Waals surface area contributed by atoms with Crippen molar-refractivity contribution in [3.63, 3.8) is 0 Å². The van der Waals surface area contributed by atoms with Crippen LogP contribution in [0.4, 0.5) is 4.79 Å². The molecule has 2 atom stereocenters. The van der Waals surface area contributed by atoms with E-state index in [1.807, 2.05) is 67.6 Å². The molecule has 0 spiro atoms. The minimum absolute atomic E-state index is 0.0406. The van der Waals surface area contributed by atoms with Crippen LogP contribution < -0.4 is 5.56 Å². The molecule has 0 radical (unpaired) electrons. The van der Waals surface area contributed by atoms with Crippen LogP contribution in [0.2, 0.25) is 0 Å². The van der Waals surface area contributed by atoms with E-state index in [0.29, 0.717) is 19.4 Å². The van der Waals surface area contributed by atoms with Crippen molar-refractivity contribution in [1.29, 1.82) is 0 Å². The number of H-pyrrole nitrogens is 1. The quantitative estimate of drug-likeness (QED) is 0.408. The smallest absolute Gasteiger partial charge is 0.407 e. The van der Waals surface area contributed by atoms with Crippen LogP contribution >= 0.6 is 0 Å². The molecule has 0 saturated carbocycles. The van der Waals surface area contributed by atoms with Gasteiger partial charge in [-0.3, -0.25) is 4.79 Å². The van der Waals surface area contributed by atoms with Crippen molar-refractivity contribution in [1.82, 2.24) is 9.88 Å². The number of nitrogens with one attached hydrogen (secondary N) is 1. The largest absolute Gasteiger partial charge is 0.465 e. The maximum absolute atomic E-state index is 12.1. The Kier molecular flexibility index (Phi) is 7.71. The first-order chi connectivity index (χ1) is 15.6. The number of aliphatic hydroxyl groups is 1. The molecule has 6 nitrogen and oxygen atoms in total. The summed E-state index contributed by atoms with van der Waals surface area (Å²) in [5.74, 6) is 0.0406. The molecule has 1 heterocycles. The first-order valence-corrected chi connectivity index (χ1v) is 11.2. The molecule has 0 bridgehead atoms. The normalized spacial score (nSPS) is 13.3. The predicted molar refractivity (Wildman–Crippen MR) is 130 cm³/mol. The molecule has 1 aromatic heterocycles. The summed E-state index contributed by atoms with van der Waals surface area (Å²) in [5, 5.41) is 20.3. The Morgan fingerprint density at radius 1 is 1.00 bits per heavy atom. The zero-order chi connectivity index (χ0) is 24.0. The van der Waals surface area contributed by atoms with Gasteiger partial charge in [-0.1, -0.05) is 54.6 Å². The molecule has 3 rings (SSSR count). The lowest BCUT2D eigenvalue weighted by molar-refractivity contribution is 0.0598. The number of hydrogen-bond donors (Lipinski definition) is 3. The van der Waals surface area contributed by atoms with Crippen molar-refractivity contribution in [3.8, 4) is 11.1 Å². The van der Waals surface area contributed by atoms with Crippen LogP contribution in [0.5, 0.6) is 0 Å². The van der Waals surface area contributed by atoms with Gasteiger partial charge in [-0.15, -0.1) is 0 Å². The highest BCUT2D eigenvalue weighted by Crippen LogP contribution is 2.31. The summed E-state index contributed by atoms with van der Waals surface area (Å²) in [6.07, 6.45) is 1.78. The molecule has 2 aromatic carbocycles. The van der Waals surface area contributed by atoms with E-state index in [-0.39, 0.29) is 17.5 Å². The molecule has 1 amide bonds. The van der Waals surface area contributed by atoms with E-state index in [1.54, 1.807) is 20.0 Å². The standard InChI is InChI=1S/C27H32N2O4/c1-19(20-9-11-22(12-10-20)23-13-15-28-25(30)17-23)29(26(31)32)16-14-24(18-27(2,3)33)21-7-5-4-6-8-21/h4-13,15,17,19,24,33H,14,16,18H2,1-3H3,(H,28,30)(H,31,32)/t19-,24+/m0/s1. The number of carboxylic acid groups (broad SMARTS) is 1. The number of benzene rings is 2. The fraction of sp³-hybridized carbons (Fsp3) is 0.333. The van der Waals surface area contributed by atoms with Gasteiger partial charge < -0.3 is 20.1 Å². The van der Waals surface area contributed by atoms with Crippen molar-refractivity contribution < 1.29 is 15.0 Å². The second kappa shape index (κ2) is 10.5. The second-order valence-electron chi connectivity index (χ2n) is 9.13. The third-order valence-corrected chi connectivity index (χ3v) is 5.95. The van der Waals surface area contributed by atoms with Gasteiger partial charge in [-0.05, 0) is 67.9 Å². The number of amides is 1. The zero-order valence-electron chi connectivity index (χ0n) is 19.4. The number of aromatic amines is 1. The van der Waals surface area contributed by atoms with Crippen molar-refractivity contribution in [2.24, 2.45) is 0 Å². The summed E-state index contributed by atoms with van der Waals surface area (Å²) >= 11 is 0. The fourth-order valence-corrected chi connectivity index (χ4v) is 4.22. The van der Waals surface area contributed by atoms with E-state index in [2.05, 4.69) is 4.98 Å². The lowest BCUT2D eigenvalue weighted by Gasteiger charge is -2.31. The zero-order valence-corrected chi connectivity index (χ0v) is 19.4. The summed E-state index contributed by atoms with van der Waals surface area (Å²) in [6, 6.07) is 20.6. The molecule has 3 aromatic rings. The molecule has 6 heteroatoms. The Morgan fingerprint density at radius 3 is 2.24 bits per heavy atom. The molecule has 33 heavy (non-hydrogen) atoms. The predicted octanol–water partition coefficient (Wildman–Crippen LogP) is 5.42. The summed E-state index contributed by atoms with van der Waals surface area (Å²) in [5.41, 5.74) is 2.67. The highest BCUT2D eigenvalue weighted by molar-refractivity contribution is 5.66. The Morgan fingerprint density at radius 2 is 1.67 bits per heavy atom. The van der Waals surface area contributed by atoms with Crippen LogP contribution in [0.25, 0.3) is 11.1 Å². The minimum Gasteiger partial charge on any atom is -0.465 e. The Bertz CT molecular complexity index is 1100. The molecule has 0 saturated heterocycles. The molecule has 0 aliphatic rings. The molecular weight excluding hydrogens is 416 g/mol. The number of rotatable bonds is 9. The average molecular weight is 449 g/mol. The van der Waals surface area contributed by atoms with Gasteiger partial charge >= 0.3 is 6.09 Å². The first-order valence-electron chi connectivity index (χ1n) is 11.2. The van der Waals surface area contributed by atoms with Gasteiger partial charge in [0.1, 0.15) is 0 Å². The molecule has 0 aliphatic heterocycles. The lowest BCUT2D eigenvalue weighted by atomic mass is 9.85. The van der Waals surface area contributed by atoms with Crippen LogP contribution in [0.15, 0.2) is 77.7 Å². The summed E-state index contributed by atoms with van der Waals surface area (Å²) in [6.45, 7) is 5.79. The van der Waals surface area contributed by atoms with E-state index >= 15 is 0 Å². The van der Waals surface area contributed by atoms with Crippen LogP contribution in [0.3, 0.4) is 0 Å². The molecule has 3 N–H and O–H groups in total. The van der Waals surface area contributed by atoms with Crippen LogP contribution in [-0.4, -0.2) is 38.3 Å². The summed E-state index contributed by atoms with van der Waals surface area (Å²) in [4.78, 5) is 27.7. The van der Waals surface area contributed by atoms with Gasteiger partial charge in [0.15, 0.2) is 0 Å². The molecule has 0 unspecified atom stereocenters. The average Bonchev–Trinajstić information content (AvgIpc) is 2.78. The summed E-state index contributed by atoms with van der Waals surface area (Å²) in [7, 11) is 0. The van der Waals surface area contributed by atoms with Crippen LogP contribution in [0, 0.1) is 0 Å². The molecule has 174 valence electrons. The van der Waals surface area contributed by atoms with Gasteiger partial charge in [-0.2, -0.15) is 0 Å². The highest BCUT2D eigenvalue weighted by atomic mass is 16.4. The molecule has 0 aliphatic carbocycles. The van der Waals surface area contributed by atoms with Crippen molar-refractivity contribution >= 4 is 6.09 Å². The van der Waals surface area contributed by atoms with E-state index in [4.69, 9.17) is 0 Å². The van der Waals surface area contributed by atoms with E-state index < -0.39 is 11.7 Å². The SMILES string of the molecule is C[C@@H](c1ccc(-c2cc[nH]c(=O)c2)cc1)N(CC[C@H](CC(C)(C)O)c1ccccc1)C(=O)O.